The third kappa shape index (κ3) is 3.53. The maximum absolute atomic E-state index is 11.7. The van der Waals surface area contributed by atoms with Gasteiger partial charge in [-0.15, -0.1) is 0 Å². The summed E-state index contributed by atoms with van der Waals surface area (Å²) in [5.41, 5.74) is 5.24. The van der Waals surface area contributed by atoms with Crippen molar-refractivity contribution >= 4 is 22.7 Å². The van der Waals surface area contributed by atoms with Gasteiger partial charge in [-0.05, 0) is 49.5 Å². The summed E-state index contributed by atoms with van der Waals surface area (Å²) < 4.78 is 1.75. The van der Waals surface area contributed by atoms with E-state index in [9.17, 15) is 4.79 Å². The standard InChI is InChI=1S/C22H23N7O/c1-27-10-12-28(13-11-27)18-4-2-17(3-5-18)26-19-6-7-20(29-22(19)24-15-25-29)16-8-9-23-21(30)14-16/h2-9,14-15,26H,10-13H2,1H3,(H,23,30). The van der Waals surface area contributed by atoms with E-state index in [0.717, 1.165) is 48.8 Å². The van der Waals surface area contributed by atoms with E-state index in [1.165, 1.54) is 12.0 Å². The fraction of sp³-hybridized carbons (Fsp3) is 0.227. The number of rotatable bonds is 4. The second kappa shape index (κ2) is 7.64. The first-order valence-corrected chi connectivity index (χ1v) is 10.00. The van der Waals surface area contributed by atoms with Crippen molar-refractivity contribution in [3.8, 4) is 11.3 Å². The first kappa shape index (κ1) is 18.4. The number of hydrogen-bond donors (Lipinski definition) is 2. The lowest BCUT2D eigenvalue weighted by Crippen LogP contribution is -2.44. The van der Waals surface area contributed by atoms with E-state index in [1.807, 2.05) is 18.2 Å². The number of nitrogens with one attached hydrogen (secondary N) is 2. The molecular formula is C22H23N7O. The predicted molar refractivity (Wildman–Crippen MR) is 118 cm³/mol. The van der Waals surface area contributed by atoms with Crippen LogP contribution in [0.15, 0.2) is 65.8 Å². The van der Waals surface area contributed by atoms with Crippen LogP contribution < -0.4 is 15.8 Å². The SMILES string of the molecule is CN1CCN(c2ccc(Nc3ccc(-c4cc[nH]c(=O)c4)n4ncnc34)cc2)CC1. The normalized spacial score (nSPS) is 14.9. The molecular weight excluding hydrogens is 378 g/mol. The molecule has 8 nitrogen and oxygen atoms in total. The lowest BCUT2D eigenvalue weighted by atomic mass is 10.1. The number of benzene rings is 1. The molecule has 4 heterocycles. The molecule has 0 aliphatic carbocycles. The topological polar surface area (TPSA) is 81.6 Å². The molecule has 0 amide bonds. The fourth-order valence-corrected chi connectivity index (χ4v) is 3.80. The highest BCUT2D eigenvalue weighted by molar-refractivity contribution is 5.77. The van der Waals surface area contributed by atoms with E-state index < -0.39 is 0 Å². The molecule has 152 valence electrons. The number of pyridine rings is 2. The highest BCUT2D eigenvalue weighted by Gasteiger charge is 2.14. The van der Waals surface area contributed by atoms with E-state index >= 15 is 0 Å². The van der Waals surface area contributed by atoms with Gasteiger partial charge in [0.05, 0.1) is 11.4 Å². The molecule has 2 N–H and O–H groups in total. The number of aromatic nitrogens is 4. The summed E-state index contributed by atoms with van der Waals surface area (Å²) >= 11 is 0. The molecule has 1 fully saturated rings. The summed E-state index contributed by atoms with van der Waals surface area (Å²) in [5.74, 6) is 0. The Kier molecular flexibility index (Phi) is 4.68. The Hall–Kier alpha value is -3.65. The molecule has 1 aliphatic heterocycles. The molecule has 30 heavy (non-hydrogen) atoms. The van der Waals surface area contributed by atoms with Crippen LogP contribution in [-0.4, -0.2) is 57.7 Å². The summed E-state index contributed by atoms with van der Waals surface area (Å²) in [4.78, 5) is 23.5. The van der Waals surface area contributed by atoms with Gasteiger partial charge in [-0.2, -0.15) is 5.10 Å². The number of fused-ring (bicyclic) bond motifs is 1. The molecule has 1 saturated heterocycles. The minimum Gasteiger partial charge on any atom is -0.369 e. The smallest absolute Gasteiger partial charge is 0.248 e. The Morgan fingerprint density at radius 1 is 1.00 bits per heavy atom. The third-order valence-corrected chi connectivity index (χ3v) is 5.51. The molecule has 3 aromatic heterocycles. The highest BCUT2D eigenvalue weighted by atomic mass is 16.1. The van der Waals surface area contributed by atoms with Crippen molar-refractivity contribution in [3.63, 3.8) is 0 Å². The van der Waals surface area contributed by atoms with Crippen LogP contribution in [0.3, 0.4) is 0 Å². The van der Waals surface area contributed by atoms with Gasteiger partial charge in [0, 0.05) is 55.4 Å². The number of nitrogens with zero attached hydrogens (tertiary/aromatic N) is 5. The molecule has 0 saturated carbocycles. The van der Waals surface area contributed by atoms with Crippen molar-refractivity contribution in [3.05, 3.63) is 71.4 Å². The quantitative estimate of drug-likeness (QED) is 0.547. The van der Waals surface area contributed by atoms with Crippen LogP contribution in [0.5, 0.6) is 0 Å². The van der Waals surface area contributed by atoms with Gasteiger partial charge in [0.25, 0.3) is 0 Å². The molecule has 0 unspecified atom stereocenters. The lowest BCUT2D eigenvalue weighted by molar-refractivity contribution is 0.313. The number of aromatic amines is 1. The van der Waals surface area contributed by atoms with Gasteiger partial charge >= 0.3 is 0 Å². The Balaban J connectivity index is 1.40. The van der Waals surface area contributed by atoms with E-state index in [4.69, 9.17) is 0 Å². The number of piperazine rings is 1. The highest BCUT2D eigenvalue weighted by Crippen LogP contribution is 2.27. The minimum atomic E-state index is -0.150. The van der Waals surface area contributed by atoms with Crippen LogP contribution in [0.25, 0.3) is 16.9 Å². The number of H-pyrrole nitrogens is 1. The zero-order valence-corrected chi connectivity index (χ0v) is 16.7. The van der Waals surface area contributed by atoms with Crippen molar-refractivity contribution in [1.29, 1.82) is 0 Å². The maximum Gasteiger partial charge on any atom is 0.248 e. The van der Waals surface area contributed by atoms with Gasteiger partial charge in [0.15, 0.2) is 5.65 Å². The first-order valence-electron chi connectivity index (χ1n) is 10.00. The average molecular weight is 401 g/mol. The predicted octanol–water partition coefficient (Wildman–Crippen LogP) is 2.58. The van der Waals surface area contributed by atoms with Crippen LogP contribution in [0, 0.1) is 0 Å². The van der Waals surface area contributed by atoms with Gasteiger partial charge in [-0.1, -0.05) is 0 Å². The second-order valence-electron chi connectivity index (χ2n) is 7.53. The van der Waals surface area contributed by atoms with Crippen LogP contribution in [0.1, 0.15) is 0 Å². The number of hydrogen-bond acceptors (Lipinski definition) is 6. The Labute approximate surface area is 173 Å². The van der Waals surface area contributed by atoms with Gasteiger partial charge < -0.3 is 20.1 Å². The molecule has 1 aromatic carbocycles. The molecule has 0 atom stereocenters. The average Bonchev–Trinajstić information content (AvgIpc) is 3.26. The summed E-state index contributed by atoms with van der Waals surface area (Å²) in [6.45, 7) is 4.27. The summed E-state index contributed by atoms with van der Waals surface area (Å²) in [5, 5.41) is 7.79. The van der Waals surface area contributed by atoms with Gasteiger partial charge in [0.2, 0.25) is 5.56 Å². The Bertz CT molecular complexity index is 1220. The zero-order chi connectivity index (χ0) is 20.5. The molecule has 0 spiro atoms. The van der Waals surface area contributed by atoms with Crippen molar-refractivity contribution in [2.24, 2.45) is 0 Å². The number of likely N-dealkylation sites (N-methyl/N-ethyl adjacent to an activating group) is 1. The van der Waals surface area contributed by atoms with E-state index in [2.05, 4.69) is 61.5 Å². The van der Waals surface area contributed by atoms with Crippen molar-refractivity contribution in [1.82, 2.24) is 24.5 Å². The number of anilines is 3. The minimum absolute atomic E-state index is 0.150. The van der Waals surface area contributed by atoms with Crippen LogP contribution in [0.4, 0.5) is 17.1 Å². The van der Waals surface area contributed by atoms with Gasteiger partial charge in [0.1, 0.15) is 6.33 Å². The van der Waals surface area contributed by atoms with Gasteiger partial charge in [-0.25, -0.2) is 9.50 Å². The Morgan fingerprint density at radius 2 is 1.80 bits per heavy atom. The van der Waals surface area contributed by atoms with Gasteiger partial charge in [-0.3, -0.25) is 4.79 Å². The van der Waals surface area contributed by atoms with Crippen molar-refractivity contribution < 1.29 is 0 Å². The Morgan fingerprint density at radius 3 is 2.57 bits per heavy atom. The lowest BCUT2D eigenvalue weighted by Gasteiger charge is -2.34. The summed E-state index contributed by atoms with van der Waals surface area (Å²) in [6, 6.07) is 15.8. The molecule has 5 rings (SSSR count). The second-order valence-corrected chi connectivity index (χ2v) is 7.53. The van der Waals surface area contributed by atoms with Crippen molar-refractivity contribution in [2.45, 2.75) is 0 Å². The molecule has 4 aromatic rings. The van der Waals surface area contributed by atoms with Crippen LogP contribution in [0.2, 0.25) is 0 Å². The van der Waals surface area contributed by atoms with Crippen molar-refractivity contribution in [2.75, 3.05) is 43.4 Å². The zero-order valence-electron chi connectivity index (χ0n) is 16.7. The van der Waals surface area contributed by atoms with E-state index in [0.29, 0.717) is 5.65 Å². The summed E-state index contributed by atoms with van der Waals surface area (Å²) in [7, 11) is 2.16. The molecule has 1 aliphatic rings. The monoisotopic (exact) mass is 401 g/mol. The first-order chi connectivity index (χ1) is 14.7. The third-order valence-electron chi connectivity index (χ3n) is 5.51. The fourth-order valence-electron chi connectivity index (χ4n) is 3.80. The van der Waals surface area contributed by atoms with E-state index in [-0.39, 0.29) is 5.56 Å². The maximum atomic E-state index is 11.7. The summed E-state index contributed by atoms with van der Waals surface area (Å²) in [6.07, 6.45) is 3.15. The van der Waals surface area contributed by atoms with Crippen LogP contribution >= 0.6 is 0 Å². The molecule has 0 radical (unpaired) electrons. The molecule has 8 heteroatoms. The van der Waals surface area contributed by atoms with E-state index in [1.54, 1.807) is 16.8 Å². The van der Waals surface area contributed by atoms with Crippen LogP contribution in [-0.2, 0) is 0 Å². The largest absolute Gasteiger partial charge is 0.369 e. The molecule has 0 bridgehead atoms.